The van der Waals surface area contributed by atoms with Crippen molar-refractivity contribution in [3.63, 3.8) is 0 Å². The van der Waals surface area contributed by atoms with Gasteiger partial charge in [-0.3, -0.25) is 9.36 Å². The highest BCUT2D eigenvalue weighted by molar-refractivity contribution is 7.99. The van der Waals surface area contributed by atoms with E-state index < -0.39 is 0 Å². The van der Waals surface area contributed by atoms with Gasteiger partial charge in [-0.2, -0.15) is 5.26 Å². The Labute approximate surface area is 188 Å². The molecule has 1 N–H and O–H groups in total. The van der Waals surface area contributed by atoms with E-state index in [1.165, 1.54) is 23.9 Å². The number of ether oxygens (including phenoxy) is 1. The van der Waals surface area contributed by atoms with Crippen molar-refractivity contribution in [2.75, 3.05) is 17.7 Å². The molecule has 1 aromatic carbocycles. The minimum atomic E-state index is -0.363. The van der Waals surface area contributed by atoms with Crippen LogP contribution in [0.2, 0.25) is 0 Å². The Bertz CT molecular complexity index is 1160. The van der Waals surface area contributed by atoms with Crippen molar-refractivity contribution in [1.82, 2.24) is 24.8 Å². The monoisotopic (exact) mass is 455 g/mol. The fraction of sp³-hybridized carbons (Fsp3) is 0.381. The maximum absolute atomic E-state index is 13.4. The van der Waals surface area contributed by atoms with Crippen LogP contribution in [-0.2, 0) is 16.1 Å². The minimum absolute atomic E-state index is 0.0590. The van der Waals surface area contributed by atoms with E-state index in [4.69, 9.17) is 4.74 Å². The summed E-state index contributed by atoms with van der Waals surface area (Å²) in [6.07, 6.45) is 2.06. The van der Waals surface area contributed by atoms with E-state index in [0.29, 0.717) is 28.8 Å². The third kappa shape index (κ3) is 4.51. The minimum Gasteiger partial charge on any atom is -0.376 e. The predicted octanol–water partition coefficient (Wildman–Crippen LogP) is 3.00. The molecule has 0 bridgehead atoms. The van der Waals surface area contributed by atoms with Gasteiger partial charge in [0.15, 0.2) is 0 Å². The first kappa shape index (κ1) is 22.0. The van der Waals surface area contributed by atoms with Crippen LogP contribution in [0, 0.1) is 31.0 Å². The number of nitrogens with one attached hydrogen (secondary N) is 1. The van der Waals surface area contributed by atoms with E-state index in [9.17, 15) is 14.4 Å². The van der Waals surface area contributed by atoms with Gasteiger partial charge >= 0.3 is 0 Å². The van der Waals surface area contributed by atoms with Crippen molar-refractivity contribution < 1.29 is 13.9 Å². The normalized spacial score (nSPS) is 15.6. The zero-order valence-electron chi connectivity index (χ0n) is 17.7. The van der Waals surface area contributed by atoms with E-state index in [0.717, 1.165) is 30.7 Å². The molecule has 166 valence electrons. The molecule has 1 amide bonds. The van der Waals surface area contributed by atoms with Crippen LogP contribution in [0.15, 0.2) is 29.4 Å². The lowest BCUT2D eigenvalue weighted by Crippen LogP contribution is -2.19. The van der Waals surface area contributed by atoms with E-state index in [2.05, 4.69) is 26.9 Å². The molecular weight excluding hydrogens is 433 g/mol. The lowest BCUT2D eigenvalue weighted by molar-refractivity contribution is -0.113. The topological polar surface area (TPSA) is 111 Å². The number of carbonyl (C=O) groups is 1. The summed E-state index contributed by atoms with van der Waals surface area (Å²) < 4.78 is 22.4. The Morgan fingerprint density at radius 1 is 1.38 bits per heavy atom. The van der Waals surface area contributed by atoms with Crippen molar-refractivity contribution in [1.29, 1.82) is 5.26 Å². The number of aromatic nitrogens is 5. The number of hydrogen-bond donors (Lipinski definition) is 1. The SMILES string of the molecule is Cc1c(C#N)c(NC(=O)CSc2nnnn2CC2CCCO2)n(-c2ccc(F)cc2)c1C. The maximum atomic E-state index is 13.4. The summed E-state index contributed by atoms with van der Waals surface area (Å²) in [6.45, 7) is 4.95. The Balaban J connectivity index is 1.50. The van der Waals surface area contributed by atoms with Gasteiger partial charge in [0.2, 0.25) is 11.1 Å². The molecular formula is C21H22FN7O2S. The summed E-state index contributed by atoms with van der Waals surface area (Å²) in [5, 5.41) is 24.7. The summed E-state index contributed by atoms with van der Waals surface area (Å²) in [4.78, 5) is 12.8. The van der Waals surface area contributed by atoms with Crippen molar-refractivity contribution in [2.24, 2.45) is 0 Å². The molecule has 3 aromatic rings. The lowest BCUT2D eigenvalue weighted by atomic mass is 10.2. The molecule has 1 atom stereocenters. The second-order valence-electron chi connectivity index (χ2n) is 7.47. The highest BCUT2D eigenvalue weighted by atomic mass is 32.2. The van der Waals surface area contributed by atoms with Crippen LogP contribution in [0.3, 0.4) is 0 Å². The van der Waals surface area contributed by atoms with Crippen molar-refractivity contribution >= 4 is 23.5 Å². The molecule has 1 aliphatic heterocycles. The van der Waals surface area contributed by atoms with Gasteiger partial charge in [0.05, 0.1) is 24.0 Å². The second kappa shape index (κ2) is 9.50. The number of carbonyl (C=O) groups excluding carboxylic acids is 1. The Morgan fingerprint density at radius 2 is 2.16 bits per heavy atom. The number of tetrazole rings is 1. The fourth-order valence-electron chi connectivity index (χ4n) is 3.67. The van der Waals surface area contributed by atoms with Crippen molar-refractivity contribution in [3.8, 4) is 11.8 Å². The van der Waals surface area contributed by atoms with Crippen LogP contribution in [0.1, 0.15) is 29.7 Å². The van der Waals surface area contributed by atoms with Crippen molar-refractivity contribution in [2.45, 2.75) is 44.5 Å². The van der Waals surface area contributed by atoms with Crippen molar-refractivity contribution in [3.05, 3.63) is 46.9 Å². The number of amides is 1. The predicted molar refractivity (Wildman–Crippen MR) is 116 cm³/mol. The quantitative estimate of drug-likeness (QED) is 0.545. The smallest absolute Gasteiger partial charge is 0.236 e. The highest BCUT2D eigenvalue weighted by Gasteiger charge is 2.22. The molecule has 1 aliphatic rings. The number of anilines is 1. The van der Waals surface area contributed by atoms with Crippen LogP contribution in [0.4, 0.5) is 10.2 Å². The van der Waals surface area contributed by atoms with E-state index in [-0.39, 0.29) is 23.6 Å². The number of benzene rings is 1. The maximum Gasteiger partial charge on any atom is 0.236 e. The van der Waals surface area contributed by atoms with Gasteiger partial charge < -0.3 is 10.1 Å². The summed E-state index contributed by atoms with van der Waals surface area (Å²) in [6, 6.07) is 8.05. The molecule has 0 aliphatic carbocycles. The Kier molecular flexibility index (Phi) is 6.53. The Morgan fingerprint density at radius 3 is 2.84 bits per heavy atom. The lowest BCUT2D eigenvalue weighted by Gasteiger charge is -2.13. The van der Waals surface area contributed by atoms with Crippen LogP contribution in [0.25, 0.3) is 5.69 Å². The van der Waals surface area contributed by atoms with Gasteiger partial charge in [-0.05, 0) is 66.9 Å². The first-order chi connectivity index (χ1) is 15.5. The van der Waals surface area contributed by atoms with Crippen LogP contribution >= 0.6 is 11.8 Å². The molecule has 32 heavy (non-hydrogen) atoms. The molecule has 11 heteroatoms. The first-order valence-electron chi connectivity index (χ1n) is 10.2. The molecule has 1 saturated heterocycles. The number of rotatable bonds is 7. The standard InChI is InChI=1S/C21H22FN7O2S/c1-13-14(2)29(16-7-5-15(22)6-8-16)20(18(13)10-23)24-19(30)12-32-21-25-26-27-28(21)11-17-4-3-9-31-17/h5-8,17H,3-4,9,11-12H2,1-2H3,(H,24,30). The van der Waals surface area contributed by atoms with Gasteiger partial charge in [-0.15, -0.1) is 5.10 Å². The van der Waals surface area contributed by atoms with Gasteiger partial charge in [0, 0.05) is 18.0 Å². The first-order valence-corrected chi connectivity index (χ1v) is 11.1. The highest BCUT2D eigenvalue weighted by Crippen LogP contribution is 2.30. The third-order valence-electron chi connectivity index (χ3n) is 5.40. The molecule has 0 saturated carbocycles. The molecule has 0 radical (unpaired) electrons. The molecule has 0 spiro atoms. The van der Waals surface area contributed by atoms with Crippen LogP contribution in [0.5, 0.6) is 0 Å². The van der Waals surface area contributed by atoms with Gasteiger partial charge in [-0.25, -0.2) is 9.07 Å². The van der Waals surface area contributed by atoms with Gasteiger partial charge in [0.25, 0.3) is 0 Å². The zero-order chi connectivity index (χ0) is 22.7. The molecule has 1 unspecified atom stereocenters. The molecule has 4 rings (SSSR count). The molecule has 1 fully saturated rings. The van der Waals surface area contributed by atoms with E-state index in [1.54, 1.807) is 21.4 Å². The van der Waals surface area contributed by atoms with E-state index in [1.807, 2.05) is 13.8 Å². The molecule has 2 aromatic heterocycles. The van der Waals surface area contributed by atoms with Gasteiger partial charge in [0.1, 0.15) is 17.7 Å². The number of nitriles is 1. The third-order valence-corrected chi connectivity index (χ3v) is 6.36. The van der Waals surface area contributed by atoms with Gasteiger partial charge in [-0.1, -0.05) is 11.8 Å². The van der Waals surface area contributed by atoms with E-state index >= 15 is 0 Å². The average Bonchev–Trinajstić information content (AvgIpc) is 3.50. The number of nitrogens with zero attached hydrogens (tertiary/aromatic N) is 6. The summed E-state index contributed by atoms with van der Waals surface area (Å²) in [5.74, 6) is -0.250. The van der Waals surface area contributed by atoms with Crippen LogP contribution < -0.4 is 5.32 Å². The van der Waals surface area contributed by atoms with Crippen LogP contribution in [-0.4, -0.2) is 49.1 Å². The summed E-state index contributed by atoms with van der Waals surface area (Å²) in [7, 11) is 0. The Hall–Kier alpha value is -3.23. The second-order valence-corrected chi connectivity index (χ2v) is 8.42. The largest absolute Gasteiger partial charge is 0.376 e. The number of halogens is 1. The summed E-state index contributed by atoms with van der Waals surface area (Å²) in [5.41, 5.74) is 2.56. The molecule has 3 heterocycles. The molecule has 9 nitrogen and oxygen atoms in total. The number of thioether (sulfide) groups is 1. The zero-order valence-corrected chi connectivity index (χ0v) is 18.5. The average molecular weight is 456 g/mol. The summed E-state index contributed by atoms with van der Waals surface area (Å²) >= 11 is 1.21. The fourth-order valence-corrected chi connectivity index (χ4v) is 4.35. The number of hydrogen-bond acceptors (Lipinski definition) is 7.